The van der Waals surface area contributed by atoms with Crippen molar-refractivity contribution in [3.05, 3.63) is 0 Å². The average Bonchev–Trinajstić information content (AvgIpc) is 2.16. The Morgan fingerprint density at radius 3 is 1.67 bits per heavy atom. The van der Waals surface area contributed by atoms with Gasteiger partial charge < -0.3 is 19.8 Å². The van der Waals surface area contributed by atoms with Gasteiger partial charge in [-0.3, -0.25) is 0 Å². The van der Waals surface area contributed by atoms with Crippen LogP contribution in [0.25, 0.3) is 0 Å². The number of hydrogen-bond donors (Lipinski definition) is 0. The Hall–Kier alpha value is -0.554. The van der Waals surface area contributed by atoms with Gasteiger partial charge in [0.1, 0.15) is 0 Å². The summed E-state index contributed by atoms with van der Waals surface area (Å²) < 4.78 is 0. The van der Waals surface area contributed by atoms with Crippen molar-refractivity contribution >= 4 is 11.9 Å². The van der Waals surface area contributed by atoms with Crippen LogP contribution in [-0.4, -0.2) is 11.9 Å². The van der Waals surface area contributed by atoms with Gasteiger partial charge in [-0.1, -0.05) is 40.5 Å². The first-order valence-corrected chi connectivity index (χ1v) is 6.08. The molecule has 0 atom stereocenters. The largest absolute Gasteiger partial charge is 2.00 e. The molecular weight excluding hydrogens is 279 g/mol. The van der Waals surface area contributed by atoms with Crippen LogP contribution in [0.4, 0.5) is 0 Å². The fourth-order valence-corrected chi connectivity index (χ4v) is 1.10. The van der Waals surface area contributed by atoms with Gasteiger partial charge in [-0.15, -0.1) is 0 Å². The molecule has 0 saturated carbocycles. The van der Waals surface area contributed by atoms with Gasteiger partial charge in [0.2, 0.25) is 0 Å². The third-order valence-corrected chi connectivity index (χ3v) is 2.10. The number of carbonyl (C=O) groups excluding carboxylic acids is 2. The third-order valence-electron chi connectivity index (χ3n) is 2.10. The monoisotopic (exact) mass is 303 g/mol. The van der Waals surface area contributed by atoms with Crippen molar-refractivity contribution in [3.8, 4) is 0 Å². The number of carbonyl (C=O) groups is 2. The number of unbranched alkanes of at least 4 members (excludes halogenated alkanes) is 2. The van der Waals surface area contributed by atoms with E-state index in [1.54, 1.807) is 0 Å². The summed E-state index contributed by atoms with van der Waals surface area (Å²) in [5.74, 6) is -1.92. The molecule has 0 amide bonds. The van der Waals surface area contributed by atoms with Gasteiger partial charge in [0.15, 0.2) is 0 Å². The maximum atomic E-state index is 10.0. The fourth-order valence-electron chi connectivity index (χ4n) is 1.10. The third kappa shape index (κ3) is 29.5. The zero-order valence-corrected chi connectivity index (χ0v) is 12.8. The molecule has 0 aromatic heterocycles. The molecule has 0 bridgehead atoms. The van der Waals surface area contributed by atoms with Gasteiger partial charge in [0, 0.05) is 11.9 Å². The number of carboxylic acid groups (broad SMARTS) is 2. The molecule has 0 aromatic rings. The molecule has 0 aliphatic heterocycles. The van der Waals surface area contributed by atoms with Crippen LogP contribution in [0.3, 0.4) is 0 Å². The molecule has 5 heteroatoms. The van der Waals surface area contributed by atoms with E-state index in [1.165, 1.54) is 13.3 Å². The number of rotatable bonds is 6. The molecule has 4 nitrogen and oxygen atoms in total. The van der Waals surface area contributed by atoms with Crippen molar-refractivity contribution in [2.75, 3.05) is 0 Å². The van der Waals surface area contributed by atoms with Gasteiger partial charge in [-0.2, -0.15) is 0 Å². The van der Waals surface area contributed by atoms with E-state index in [1.807, 2.05) is 0 Å². The Bertz CT molecular complexity index is 222. The van der Waals surface area contributed by atoms with Crippen LogP contribution >= 0.6 is 0 Å². The van der Waals surface area contributed by atoms with E-state index >= 15 is 0 Å². The minimum atomic E-state index is -0.995. The molecular formula is C13H24CoO4. The molecule has 1 radical (unpaired) electrons. The fraction of sp³-hybridized carbons (Fsp3) is 0.846. The average molecular weight is 303 g/mol. The summed E-state index contributed by atoms with van der Waals surface area (Å²) in [5, 5.41) is 19.3. The molecule has 0 aromatic carbocycles. The van der Waals surface area contributed by atoms with E-state index in [9.17, 15) is 19.8 Å². The Balaban J connectivity index is -0.000000321. The van der Waals surface area contributed by atoms with E-state index in [2.05, 4.69) is 20.8 Å². The zero-order chi connectivity index (χ0) is 13.9. The Morgan fingerprint density at radius 2 is 1.39 bits per heavy atom. The number of carboxylic acids is 2. The Labute approximate surface area is 120 Å². The maximum Gasteiger partial charge on any atom is 2.00 e. The molecule has 0 fully saturated rings. The van der Waals surface area contributed by atoms with Gasteiger partial charge >= 0.3 is 16.8 Å². The molecule has 0 unspecified atom stereocenters. The van der Waals surface area contributed by atoms with Gasteiger partial charge in [-0.25, -0.2) is 0 Å². The molecule has 0 spiro atoms. The minimum Gasteiger partial charge on any atom is -0.550 e. The van der Waals surface area contributed by atoms with E-state index in [-0.39, 0.29) is 29.6 Å². The summed E-state index contributed by atoms with van der Waals surface area (Å²) >= 11 is 0. The molecule has 0 aliphatic carbocycles. The van der Waals surface area contributed by atoms with Crippen LogP contribution in [0.15, 0.2) is 0 Å². The number of hydrogen-bond acceptors (Lipinski definition) is 4. The smallest absolute Gasteiger partial charge is 0.550 e. The summed E-state index contributed by atoms with van der Waals surface area (Å²) in [6, 6.07) is 0. The molecule has 0 rings (SSSR count). The van der Waals surface area contributed by atoms with E-state index in [4.69, 9.17) is 0 Å². The van der Waals surface area contributed by atoms with Gasteiger partial charge in [0.05, 0.1) is 0 Å². The molecule has 0 saturated heterocycles. The van der Waals surface area contributed by atoms with Crippen molar-refractivity contribution in [1.82, 2.24) is 0 Å². The quantitative estimate of drug-likeness (QED) is 0.682. The standard InChI is InChI=1S/C10H20O2.C3H6O2.Co/c1-10(2,3)8-6-4-5-7-9(11)12;1-2-3(4)5;/h4-8H2,1-3H3,(H,11,12);2H2,1H3,(H,4,5);/q;;+2/p-2. The van der Waals surface area contributed by atoms with Crippen LogP contribution in [-0.2, 0) is 26.4 Å². The minimum absolute atomic E-state index is 0. The topological polar surface area (TPSA) is 80.3 Å². The summed E-state index contributed by atoms with van der Waals surface area (Å²) in [6.45, 7) is 8.14. The first kappa shape index (κ1) is 22.6. The van der Waals surface area contributed by atoms with E-state index in [0.29, 0.717) is 5.41 Å². The normalized spacial score (nSPS) is 9.78. The van der Waals surface area contributed by atoms with Crippen LogP contribution in [0.5, 0.6) is 0 Å². The van der Waals surface area contributed by atoms with Crippen molar-refractivity contribution in [2.45, 2.75) is 66.2 Å². The molecule has 0 heterocycles. The first-order chi connectivity index (χ1) is 7.69. The predicted octanol–water partition coefficient (Wildman–Crippen LogP) is 0.877. The summed E-state index contributed by atoms with van der Waals surface area (Å²) in [5.41, 5.74) is 0.376. The second-order valence-corrected chi connectivity index (χ2v) is 5.22. The SMILES string of the molecule is CC(C)(C)CCCCCC(=O)[O-].CCC(=O)[O-].[Co+2]. The maximum absolute atomic E-state index is 10.0. The Morgan fingerprint density at radius 1 is 0.944 bits per heavy atom. The molecule has 109 valence electrons. The summed E-state index contributed by atoms with van der Waals surface area (Å²) in [6.07, 6.45) is 4.38. The molecule has 18 heavy (non-hydrogen) atoms. The second kappa shape index (κ2) is 12.9. The second-order valence-electron chi connectivity index (χ2n) is 5.22. The number of aliphatic carboxylic acids is 2. The van der Waals surface area contributed by atoms with Gasteiger partial charge in [-0.05, 0) is 31.1 Å². The van der Waals surface area contributed by atoms with Gasteiger partial charge in [0.25, 0.3) is 0 Å². The van der Waals surface area contributed by atoms with Crippen LogP contribution < -0.4 is 10.2 Å². The first-order valence-electron chi connectivity index (χ1n) is 6.08. The zero-order valence-electron chi connectivity index (χ0n) is 11.7. The predicted molar refractivity (Wildman–Crippen MR) is 62.8 cm³/mol. The summed E-state index contributed by atoms with van der Waals surface area (Å²) in [7, 11) is 0. The van der Waals surface area contributed by atoms with Crippen molar-refractivity contribution in [2.24, 2.45) is 5.41 Å². The van der Waals surface area contributed by atoms with Crippen LogP contribution in [0.1, 0.15) is 66.2 Å². The van der Waals surface area contributed by atoms with E-state index in [0.717, 1.165) is 19.3 Å². The Kier molecular flexibility index (Phi) is 16.2. The van der Waals surface area contributed by atoms with Crippen molar-refractivity contribution in [3.63, 3.8) is 0 Å². The van der Waals surface area contributed by atoms with E-state index < -0.39 is 11.9 Å². The van der Waals surface area contributed by atoms with Crippen molar-refractivity contribution in [1.29, 1.82) is 0 Å². The molecule has 0 aliphatic rings. The molecule has 0 N–H and O–H groups in total. The van der Waals surface area contributed by atoms with Crippen LogP contribution in [0, 0.1) is 5.41 Å². The van der Waals surface area contributed by atoms with Crippen LogP contribution in [0.2, 0.25) is 0 Å². The summed E-state index contributed by atoms with van der Waals surface area (Å²) in [4.78, 5) is 19.3. The van der Waals surface area contributed by atoms with Crippen molar-refractivity contribution < 1.29 is 36.6 Å².